The van der Waals surface area contributed by atoms with Crippen LogP contribution in [0.5, 0.6) is 0 Å². The molecule has 0 fully saturated rings. The van der Waals surface area contributed by atoms with Crippen molar-refractivity contribution in [2.45, 2.75) is 13.8 Å². The highest BCUT2D eigenvalue weighted by molar-refractivity contribution is 14.1. The van der Waals surface area contributed by atoms with E-state index in [-0.39, 0.29) is 5.91 Å². The van der Waals surface area contributed by atoms with Crippen LogP contribution in [0.3, 0.4) is 0 Å². The Morgan fingerprint density at radius 2 is 1.81 bits per heavy atom. The number of thiazole rings is 1. The van der Waals surface area contributed by atoms with E-state index in [0.29, 0.717) is 5.56 Å². The van der Waals surface area contributed by atoms with Gasteiger partial charge in [0.2, 0.25) is 0 Å². The van der Waals surface area contributed by atoms with E-state index >= 15 is 0 Å². The molecular weight excluding hydrogens is 467 g/mol. The number of para-hydroxylation sites is 1. The number of fused-ring (bicyclic) bond motifs is 1. The first-order chi connectivity index (χ1) is 13.0. The maximum Gasteiger partial charge on any atom is 0.255 e. The number of carbonyl (C=O) groups excluding carboxylic acids is 1. The van der Waals surface area contributed by atoms with Gasteiger partial charge in [0.25, 0.3) is 5.91 Å². The van der Waals surface area contributed by atoms with Gasteiger partial charge in [0.15, 0.2) is 0 Å². The molecule has 4 aromatic rings. The molecule has 0 unspecified atom stereocenters. The van der Waals surface area contributed by atoms with E-state index in [1.165, 1.54) is 5.56 Å². The molecule has 3 nitrogen and oxygen atoms in total. The third-order valence-corrected chi connectivity index (χ3v) is 6.26. The molecule has 3 aromatic carbocycles. The molecule has 0 aliphatic heterocycles. The highest BCUT2D eigenvalue weighted by Crippen LogP contribution is 2.35. The number of hydrogen-bond donors (Lipinski definition) is 1. The van der Waals surface area contributed by atoms with Crippen LogP contribution in [0.25, 0.3) is 20.8 Å². The SMILES string of the molecule is Cc1ccc(C(=O)Nc2ccc(I)cc2-c2nc3ccccc3s2)cc1C. The molecule has 0 atom stereocenters. The normalized spacial score (nSPS) is 10.9. The van der Waals surface area contributed by atoms with Gasteiger partial charge in [-0.1, -0.05) is 18.2 Å². The molecule has 0 spiro atoms. The van der Waals surface area contributed by atoms with Crippen LogP contribution in [-0.2, 0) is 0 Å². The second-order valence-electron chi connectivity index (χ2n) is 6.43. The van der Waals surface area contributed by atoms with E-state index in [0.717, 1.165) is 35.6 Å². The van der Waals surface area contributed by atoms with Crippen LogP contribution in [0.2, 0.25) is 0 Å². The van der Waals surface area contributed by atoms with Crippen molar-refractivity contribution in [3.8, 4) is 10.6 Å². The monoisotopic (exact) mass is 484 g/mol. The van der Waals surface area contributed by atoms with Crippen molar-refractivity contribution < 1.29 is 4.79 Å². The Labute approximate surface area is 175 Å². The minimum atomic E-state index is -0.110. The third-order valence-electron chi connectivity index (χ3n) is 4.52. The van der Waals surface area contributed by atoms with Crippen LogP contribution in [0, 0.1) is 17.4 Å². The summed E-state index contributed by atoms with van der Waals surface area (Å²) in [6.07, 6.45) is 0. The molecule has 0 saturated carbocycles. The minimum Gasteiger partial charge on any atom is -0.321 e. The first kappa shape index (κ1) is 18.1. The maximum atomic E-state index is 12.8. The van der Waals surface area contributed by atoms with Gasteiger partial charge >= 0.3 is 0 Å². The van der Waals surface area contributed by atoms with Crippen LogP contribution in [0.1, 0.15) is 21.5 Å². The number of halogens is 1. The fourth-order valence-electron chi connectivity index (χ4n) is 2.87. The first-order valence-corrected chi connectivity index (χ1v) is 10.4. The minimum absolute atomic E-state index is 0.110. The number of carbonyl (C=O) groups is 1. The number of rotatable bonds is 3. The Morgan fingerprint density at radius 3 is 2.59 bits per heavy atom. The Balaban J connectivity index is 1.73. The van der Waals surface area contributed by atoms with E-state index in [1.54, 1.807) is 11.3 Å². The number of nitrogens with one attached hydrogen (secondary N) is 1. The maximum absolute atomic E-state index is 12.8. The Bertz CT molecular complexity index is 1130. The molecule has 134 valence electrons. The topological polar surface area (TPSA) is 42.0 Å². The van der Waals surface area contributed by atoms with Crippen molar-refractivity contribution in [2.75, 3.05) is 5.32 Å². The second kappa shape index (κ2) is 7.40. The predicted octanol–water partition coefficient (Wildman–Crippen LogP) is 6.44. The van der Waals surface area contributed by atoms with Crippen molar-refractivity contribution in [1.29, 1.82) is 0 Å². The van der Waals surface area contributed by atoms with Crippen molar-refractivity contribution >= 4 is 55.7 Å². The van der Waals surface area contributed by atoms with Gasteiger partial charge in [-0.15, -0.1) is 11.3 Å². The molecule has 0 aliphatic rings. The first-order valence-electron chi connectivity index (χ1n) is 8.55. The number of hydrogen-bond acceptors (Lipinski definition) is 3. The lowest BCUT2D eigenvalue weighted by atomic mass is 10.1. The summed E-state index contributed by atoms with van der Waals surface area (Å²) in [5.74, 6) is -0.110. The molecule has 0 bridgehead atoms. The summed E-state index contributed by atoms with van der Waals surface area (Å²) < 4.78 is 2.24. The molecule has 1 aromatic heterocycles. The molecule has 0 radical (unpaired) electrons. The second-order valence-corrected chi connectivity index (χ2v) is 8.71. The van der Waals surface area contributed by atoms with Crippen LogP contribution >= 0.6 is 33.9 Å². The molecule has 0 saturated heterocycles. The number of benzene rings is 3. The zero-order valence-corrected chi connectivity index (χ0v) is 17.9. The largest absolute Gasteiger partial charge is 0.321 e. The van der Waals surface area contributed by atoms with Gasteiger partial charge in [0.05, 0.1) is 15.9 Å². The van der Waals surface area contributed by atoms with Gasteiger partial charge in [-0.05, 0) is 90.0 Å². The summed E-state index contributed by atoms with van der Waals surface area (Å²) in [5.41, 5.74) is 5.64. The number of nitrogens with zero attached hydrogens (tertiary/aromatic N) is 1. The zero-order valence-electron chi connectivity index (χ0n) is 14.9. The average molecular weight is 484 g/mol. The summed E-state index contributed by atoms with van der Waals surface area (Å²) in [6, 6.07) is 19.9. The van der Waals surface area contributed by atoms with Crippen molar-refractivity contribution in [3.05, 3.63) is 80.9 Å². The van der Waals surface area contributed by atoms with Gasteiger partial charge in [0.1, 0.15) is 5.01 Å². The Kier molecular flexibility index (Phi) is 4.97. The molecule has 4 rings (SSSR count). The lowest BCUT2D eigenvalue weighted by Crippen LogP contribution is -2.13. The van der Waals surface area contributed by atoms with Crippen LogP contribution in [-0.4, -0.2) is 10.9 Å². The number of aryl methyl sites for hydroxylation is 2. The van der Waals surface area contributed by atoms with Crippen molar-refractivity contribution in [3.63, 3.8) is 0 Å². The molecule has 1 heterocycles. The van der Waals surface area contributed by atoms with Gasteiger partial charge in [-0.25, -0.2) is 4.98 Å². The summed E-state index contributed by atoms with van der Waals surface area (Å²) in [5, 5.41) is 3.98. The average Bonchev–Trinajstić information content (AvgIpc) is 3.09. The van der Waals surface area contributed by atoms with Gasteiger partial charge < -0.3 is 5.32 Å². The fraction of sp³-hybridized carbons (Fsp3) is 0.0909. The smallest absolute Gasteiger partial charge is 0.255 e. The van der Waals surface area contributed by atoms with E-state index in [4.69, 9.17) is 4.98 Å². The van der Waals surface area contributed by atoms with Crippen LogP contribution < -0.4 is 5.32 Å². The van der Waals surface area contributed by atoms with E-state index in [1.807, 2.05) is 62.4 Å². The molecule has 5 heteroatoms. The van der Waals surface area contributed by atoms with Crippen LogP contribution in [0.15, 0.2) is 60.7 Å². The van der Waals surface area contributed by atoms with E-state index in [9.17, 15) is 4.79 Å². The molecule has 27 heavy (non-hydrogen) atoms. The van der Waals surface area contributed by atoms with Gasteiger partial charge in [-0.2, -0.15) is 0 Å². The summed E-state index contributed by atoms with van der Waals surface area (Å²) in [7, 11) is 0. The molecule has 1 N–H and O–H groups in total. The molecular formula is C22H17IN2OS. The number of aromatic nitrogens is 1. The third kappa shape index (κ3) is 3.75. The van der Waals surface area contributed by atoms with Gasteiger partial charge in [-0.3, -0.25) is 4.79 Å². The van der Waals surface area contributed by atoms with E-state index < -0.39 is 0 Å². The Hall–Kier alpha value is -2.25. The lowest BCUT2D eigenvalue weighted by molar-refractivity contribution is 0.102. The summed E-state index contributed by atoms with van der Waals surface area (Å²) in [4.78, 5) is 17.5. The summed E-state index contributed by atoms with van der Waals surface area (Å²) in [6.45, 7) is 4.06. The lowest BCUT2D eigenvalue weighted by Gasteiger charge is -2.11. The highest BCUT2D eigenvalue weighted by atomic mass is 127. The number of amides is 1. The zero-order chi connectivity index (χ0) is 19.0. The standard InChI is InChI=1S/C22H17IN2OS/c1-13-7-8-15(11-14(13)2)21(26)24-18-10-9-16(23)12-17(18)22-25-19-5-3-4-6-20(19)27-22/h3-12H,1-2H3,(H,24,26). The molecule has 0 aliphatic carbocycles. The van der Waals surface area contributed by atoms with Crippen molar-refractivity contribution in [2.24, 2.45) is 0 Å². The Morgan fingerprint density at radius 1 is 1.00 bits per heavy atom. The van der Waals surface area contributed by atoms with Crippen molar-refractivity contribution in [1.82, 2.24) is 4.98 Å². The van der Waals surface area contributed by atoms with E-state index in [2.05, 4.69) is 40.0 Å². The fourth-order valence-corrected chi connectivity index (χ4v) is 4.35. The highest BCUT2D eigenvalue weighted by Gasteiger charge is 2.14. The number of anilines is 1. The molecule has 1 amide bonds. The summed E-state index contributed by atoms with van der Waals surface area (Å²) >= 11 is 3.92. The van der Waals surface area contributed by atoms with Gasteiger partial charge in [0, 0.05) is 14.7 Å². The quantitative estimate of drug-likeness (QED) is 0.340. The van der Waals surface area contributed by atoms with Crippen LogP contribution in [0.4, 0.5) is 5.69 Å². The predicted molar refractivity (Wildman–Crippen MR) is 122 cm³/mol.